The zero-order valence-electron chi connectivity index (χ0n) is 18.6. The summed E-state index contributed by atoms with van der Waals surface area (Å²) in [6.45, 7) is 2.71. The topological polar surface area (TPSA) is 79.6 Å². The largest absolute Gasteiger partial charge is 0.382 e. The van der Waals surface area contributed by atoms with E-state index in [1.807, 2.05) is 49.5 Å². The Bertz CT molecular complexity index is 1360. The molecule has 5 rings (SSSR count). The molecule has 5 heteroatoms. The number of aryl methyl sites for hydroxylation is 1. The number of anilines is 1. The van der Waals surface area contributed by atoms with Gasteiger partial charge in [-0.15, -0.1) is 0 Å². The van der Waals surface area contributed by atoms with Crippen LogP contribution in [0.5, 0.6) is 0 Å². The van der Waals surface area contributed by atoms with Gasteiger partial charge in [0.05, 0.1) is 23.1 Å². The number of benzene rings is 3. The number of fused-ring (bicyclic) bond motifs is 1. The van der Waals surface area contributed by atoms with E-state index in [4.69, 9.17) is 10.7 Å². The number of rotatable bonds is 7. The monoisotopic (exact) mass is 433 g/mol. The van der Waals surface area contributed by atoms with Crippen LogP contribution < -0.4 is 11.1 Å². The van der Waals surface area contributed by atoms with Gasteiger partial charge in [-0.05, 0) is 42.7 Å². The van der Waals surface area contributed by atoms with Crippen molar-refractivity contribution in [3.63, 3.8) is 0 Å². The summed E-state index contributed by atoms with van der Waals surface area (Å²) in [5, 5.41) is 12.1. The standard InChI is InChI=1S/C28H27N5/c1-19-25-15-22(12-13-27(25)33-32-19)26-16-24(18-31-28(26)21-10-6-3-7-11-21)30-17-23(29)14-20-8-4-2-5-9-20/h2-13,15-16,18,23,30H,14,17,29H2,1H3,(H,32,33)/t23-/m0/s1. The van der Waals surface area contributed by atoms with E-state index in [0.29, 0.717) is 6.54 Å². The minimum absolute atomic E-state index is 0.00887. The number of hydrogen-bond donors (Lipinski definition) is 3. The maximum atomic E-state index is 6.40. The summed E-state index contributed by atoms with van der Waals surface area (Å²) in [7, 11) is 0. The van der Waals surface area contributed by atoms with Crippen molar-refractivity contribution in [3.05, 3.63) is 102 Å². The molecule has 0 aliphatic heterocycles. The highest BCUT2D eigenvalue weighted by Gasteiger charge is 2.13. The van der Waals surface area contributed by atoms with Crippen molar-refractivity contribution in [1.82, 2.24) is 15.2 Å². The second kappa shape index (κ2) is 9.27. The van der Waals surface area contributed by atoms with Gasteiger partial charge in [-0.2, -0.15) is 5.10 Å². The van der Waals surface area contributed by atoms with E-state index in [1.54, 1.807) is 0 Å². The number of aromatic nitrogens is 3. The summed E-state index contributed by atoms with van der Waals surface area (Å²) in [4.78, 5) is 4.85. The predicted molar refractivity (Wildman–Crippen MR) is 136 cm³/mol. The van der Waals surface area contributed by atoms with Crippen molar-refractivity contribution in [3.8, 4) is 22.4 Å². The van der Waals surface area contributed by atoms with Crippen LogP contribution in [-0.4, -0.2) is 27.8 Å². The second-order valence-electron chi connectivity index (χ2n) is 8.40. The Morgan fingerprint density at radius 3 is 2.45 bits per heavy atom. The van der Waals surface area contributed by atoms with E-state index in [9.17, 15) is 0 Å². The van der Waals surface area contributed by atoms with Crippen molar-refractivity contribution < 1.29 is 0 Å². The number of nitrogens with zero attached hydrogens (tertiary/aromatic N) is 2. The maximum absolute atomic E-state index is 6.40. The lowest BCUT2D eigenvalue weighted by Gasteiger charge is -2.16. The van der Waals surface area contributed by atoms with Crippen molar-refractivity contribution in [1.29, 1.82) is 0 Å². The number of H-pyrrole nitrogens is 1. The minimum atomic E-state index is 0.00887. The third-order valence-corrected chi connectivity index (χ3v) is 5.90. The molecule has 0 radical (unpaired) electrons. The van der Waals surface area contributed by atoms with Gasteiger partial charge < -0.3 is 11.1 Å². The van der Waals surface area contributed by atoms with E-state index in [1.165, 1.54) is 5.56 Å². The molecule has 0 aliphatic rings. The molecule has 4 N–H and O–H groups in total. The van der Waals surface area contributed by atoms with Crippen LogP contribution in [0.3, 0.4) is 0 Å². The van der Waals surface area contributed by atoms with Crippen molar-refractivity contribution >= 4 is 16.6 Å². The van der Waals surface area contributed by atoms with Gasteiger partial charge in [0.2, 0.25) is 0 Å². The van der Waals surface area contributed by atoms with Gasteiger partial charge in [-0.3, -0.25) is 10.1 Å². The lowest BCUT2D eigenvalue weighted by Crippen LogP contribution is -2.31. The van der Waals surface area contributed by atoms with E-state index in [2.05, 4.69) is 64.0 Å². The van der Waals surface area contributed by atoms with Gasteiger partial charge in [-0.1, -0.05) is 66.7 Å². The molecule has 0 saturated carbocycles. The highest BCUT2D eigenvalue weighted by atomic mass is 15.1. The van der Waals surface area contributed by atoms with Crippen LogP contribution in [-0.2, 0) is 6.42 Å². The summed E-state index contributed by atoms with van der Waals surface area (Å²) in [5.41, 5.74) is 14.8. The van der Waals surface area contributed by atoms with Crippen LogP contribution >= 0.6 is 0 Å². The minimum Gasteiger partial charge on any atom is -0.382 e. The summed E-state index contributed by atoms with van der Waals surface area (Å²) >= 11 is 0. The summed E-state index contributed by atoms with van der Waals surface area (Å²) in [6.07, 6.45) is 2.72. The Hall–Kier alpha value is -3.96. The Morgan fingerprint density at radius 1 is 0.909 bits per heavy atom. The molecule has 0 fully saturated rings. The first kappa shape index (κ1) is 20.9. The van der Waals surface area contributed by atoms with E-state index < -0.39 is 0 Å². The first-order chi connectivity index (χ1) is 16.2. The van der Waals surface area contributed by atoms with Crippen LogP contribution in [0.2, 0.25) is 0 Å². The highest BCUT2D eigenvalue weighted by molar-refractivity contribution is 5.90. The Morgan fingerprint density at radius 2 is 1.67 bits per heavy atom. The van der Waals surface area contributed by atoms with Gasteiger partial charge in [0, 0.05) is 34.8 Å². The van der Waals surface area contributed by atoms with Crippen LogP contribution in [0.4, 0.5) is 5.69 Å². The van der Waals surface area contributed by atoms with Crippen molar-refractivity contribution in [2.24, 2.45) is 5.73 Å². The normalized spacial score (nSPS) is 12.1. The molecule has 164 valence electrons. The summed E-state index contributed by atoms with van der Waals surface area (Å²) in [5.74, 6) is 0. The Kier molecular flexibility index (Phi) is 5.87. The van der Waals surface area contributed by atoms with Crippen LogP contribution in [0.25, 0.3) is 33.3 Å². The quantitative estimate of drug-likeness (QED) is 0.313. The van der Waals surface area contributed by atoms with Gasteiger partial charge in [0.1, 0.15) is 0 Å². The molecule has 2 aromatic heterocycles. The highest BCUT2D eigenvalue weighted by Crippen LogP contribution is 2.34. The number of aromatic amines is 1. The van der Waals surface area contributed by atoms with Crippen LogP contribution in [0.1, 0.15) is 11.3 Å². The third-order valence-electron chi connectivity index (χ3n) is 5.90. The Balaban J connectivity index is 1.46. The molecule has 3 aromatic carbocycles. The number of pyridine rings is 1. The molecule has 2 heterocycles. The molecule has 33 heavy (non-hydrogen) atoms. The molecular weight excluding hydrogens is 406 g/mol. The summed E-state index contributed by atoms with van der Waals surface area (Å²) < 4.78 is 0. The molecule has 5 aromatic rings. The molecule has 5 nitrogen and oxygen atoms in total. The average Bonchev–Trinajstić information content (AvgIpc) is 3.24. The zero-order chi connectivity index (χ0) is 22.6. The molecular formula is C28H27N5. The second-order valence-corrected chi connectivity index (χ2v) is 8.40. The first-order valence-corrected chi connectivity index (χ1v) is 11.2. The van der Waals surface area contributed by atoms with Crippen molar-refractivity contribution in [2.45, 2.75) is 19.4 Å². The van der Waals surface area contributed by atoms with Gasteiger partial charge in [0.25, 0.3) is 0 Å². The van der Waals surface area contributed by atoms with Gasteiger partial charge in [0.15, 0.2) is 0 Å². The fourth-order valence-electron chi connectivity index (χ4n) is 4.15. The predicted octanol–water partition coefficient (Wildman–Crippen LogP) is 5.58. The third kappa shape index (κ3) is 4.64. The lowest BCUT2D eigenvalue weighted by molar-refractivity contribution is 0.699. The Labute approximate surface area is 193 Å². The SMILES string of the molecule is Cc1[nH]nc2ccc(-c3cc(NC[C@@H](N)Cc4ccccc4)cnc3-c3ccccc3)cc12. The van der Waals surface area contributed by atoms with Gasteiger partial charge in [-0.25, -0.2) is 0 Å². The fraction of sp³-hybridized carbons (Fsp3) is 0.143. The van der Waals surface area contributed by atoms with Crippen LogP contribution in [0, 0.1) is 6.92 Å². The fourth-order valence-corrected chi connectivity index (χ4v) is 4.15. The molecule has 1 atom stereocenters. The lowest BCUT2D eigenvalue weighted by atomic mass is 9.97. The number of nitrogens with two attached hydrogens (primary N) is 1. The molecule has 0 unspecified atom stereocenters. The number of nitrogens with one attached hydrogen (secondary N) is 2. The molecule has 0 amide bonds. The average molecular weight is 434 g/mol. The molecule has 0 aliphatic carbocycles. The van der Waals surface area contributed by atoms with Crippen LogP contribution in [0.15, 0.2) is 91.1 Å². The zero-order valence-corrected chi connectivity index (χ0v) is 18.6. The van der Waals surface area contributed by atoms with E-state index in [-0.39, 0.29) is 6.04 Å². The van der Waals surface area contributed by atoms with E-state index in [0.717, 1.165) is 51.1 Å². The van der Waals surface area contributed by atoms with Crippen molar-refractivity contribution in [2.75, 3.05) is 11.9 Å². The van der Waals surface area contributed by atoms with E-state index >= 15 is 0 Å². The molecule has 0 spiro atoms. The first-order valence-electron chi connectivity index (χ1n) is 11.2. The smallest absolute Gasteiger partial charge is 0.0924 e. The maximum Gasteiger partial charge on any atom is 0.0924 e. The van der Waals surface area contributed by atoms with Gasteiger partial charge >= 0.3 is 0 Å². The summed E-state index contributed by atoms with van der Waals surface area (Å²) in [6, 6.07) is 29.2. The molecule has 0 saturated heterocycles. The number of hydrogen-bond acceptors (Lipinski definition) is 4. The molecule has 0 bridgehead atoms.